The van der Waals surface area contributed by atoms with Gasteiger partial charge in [0, 0.05) is 14.1 Å². The first-order valence-corrected chi connectivity index (χ1v) is 5.54. The maximum absolute atomic E-state index is 12.1. The third-order valence-electron chi connectivity index (χ3n) is 1.86. The minimum atomic E-state index is -3.50. The maximum Gasteiger partial charge on any atom is 0.403 e. The van der Waals surface area contributed by atoms with Gasteiger partial charge in [0.1, 0.15) is 0 Å². The summed E-state index contributed by atoms with van der Waals surface area (Å²) in [5.74, 6) is 0. The summed E-state index contributed by atoms with van der Waals surface area (Å²) in [6.07, 6.45) is 0. The van der Waals surface area contributed by atoms with Crippen molar-refractivity contribution in [2.45, 2.75) is 6.92 Å². The van der Waals surface area contributed by atoms with Crippen molar-refractivity contribution in [3.05, 3.63) is 0 Å². The Hall–Kier alpha value is -1.07. The lowest BCUT2D eigenvalue weighted by atomic mass is 10.8. The van der Waals surface area contributed by atoms with Crippen LogP contribution in [0.15, 0.2) is 0 Å². The highest BCUT2D eigenvalue weighted by atomic mass is 31.2. The standard InChI is InChI=1S/C6H12N3O4P/c1-4-13-14(12)8(2)5(10)7-6(11)9(14)3/h4H2,1-3H3,(H,7,10,11). The molecule has 1 rings (SSSR count). The average Bonchev–Trinajstić information content (AvgIpc) is 2.13. The molecule has 4 amide bonds. The normalized spacial score (nSPS) is 21.1. The zero-order chi connectivity index (χ0) is 10.9. The van der Waals surface area contributed by atoms with E-state index in [9.17, 15) is 14.2 Å². The van der Waals surface area contributed by atoms with Crippen LogP contribution in [0.5, 0.6) is 0 Å². The molecule has 1 aliphatic rings. The van der Waals surface area contributed by atoms with Gasteiger partial charge in [-0.2, -0.15) is 0 Å². The van der Waals surface area contributed by atoms with E-state index < -0.39 is 19.7 Å². The van der Waals surface area contributed by atoms with Crippen LogP contribution >= 0.6 is 7.67 Å². The molecule has 1 fully saturated rings. The lowest BCUT2D eigenvalue weighted by Crippen LogP contribution is -2.52. The molecule has 0 spiro atoms. The summed E-state index contributed by atoms with van der Waals surface area (Å²) in [5, 5.41) is 2.01. The predicted molar refractivity (Wildman–Crippen MR) is 48.7 cm³/mol. The lowest BCUT2D eigenvalue weighted by molar-refractivity contribution is 0.182. The summed E-state index contributed by atoms with van der Waals surface area (Å²) in [5.41, 5.74) is 0. The maximum atomic E-state index is 12.1. The largest absolute Gasteiger partial charge is 0.403 e. The molecule has 0 aromatic heterocycles. The number of urea groups is 2. The van der Waals surface area contributed by atoms with E-state index >= 15 is 0 Å². The summed E-state index contributed by atoms with van der Waals surface area (Å²) in [6, 6.07) is -1.44. The molecule has 0 bridgehead atoms. The summed E-state index contributed by atoms with van der Waals surface area (Å²) in [7, 11) is -0.874. The van der Waals surface area contributed by atoms with Gasteiger partial charge in [0.2, 0.25) is 0 Å². The van der Waals surface area contributed by atoms with Crippen LogP contribution in [0.25, 0.3) is 0 Å². The second kappa shape index (κ2) is 3.59. The summed E-state index contributed by atoms with van der Waals surface area (Å²) >= 11 is 0. The van der Waals surface area contributed by atoms with Crippen LogP contribution in [0.4, 0.5) is 9.59 Å². The van der Waals surface area contributed by atoms with Gasteiger partial charge in [-0.15, -0.1) is 0 Å². The fraction of sp³-hybridized carbons (Fsp3) is 0.667. The minimum Gasteiger partial charge on any atom is -0.297 e. The molecule has 14 heavy (non-hydrogen) atoms. The van der Waals surface area contributed by atoms with Crippen molar-refractivity contribution < 1.29 is 18.7 Å². The molecule has 0 unspecified atom stereocenters. The minimum absolute atomic E-state index is 0.159. The van der Waals surface area contributed by atoms with E-state index in [1.807, 2.05) is 5.32 Å². The van der Waals surface area contributed by atoms with E-state index in [-0.39, 0.29) is 6.61 Å². The average molecular weight is 221 g/mol. The third kappa shape index (κ3) is 1.49. The van der Waals surface area contributed by atoms with Gasteiger partial charge in [0.05, 0.1) is 6.61 Å². The van der Waals surface area contributed by atoms with Crippen LogP contribution in [0.1, 0.15) is 6.92 Å². The zero-order valence-corrected chi connectivity index (χ0v) is 9.08. The first-order chi connectivity index (χ1) is 6.43. The Morgan fingerprint density at radius 3 is 2.07 bits per heavy atom. The number of carbonyl (C=O) groups is 2. The topological polar surface area (TPSA) is 79.0 Å². The summed E-state index contributed by atoms with van der Waals surface area (Å²) in [4.78, 5) is 22.3. The second-order valence-electron chi connectivity index (χ2n) is 2.69. The predicted octanol–water partition coefficient (Wildman–Crippen LogP) is 0.838. The molecule has 1 N–H and O–H groups in total. The SMILES string of the molecule is CCOP1(=O)N(C)C(=O)NC(=O)N1C. The number of nitrogens with one attached hydrogen (secondary N) is 1. The molecular formula is C6H12N3O4P. The van der Waals surface area contributed by atoms with E-state index in [4.69, 9.17) is 4.52 Å². The first kappa shape index (κ1) is 11.0. The van der Waals surface area contributed by atoms with Crippen LogP contribution < -0.4 is 5.32 Å². The van der Waals surface area contributed by atoms with Gasteiger partial charge in [-0.1, -0.05) is 0 Å². The Morgan fingerprint density at radius 1 is 1.29 bits per heavy atom. The highest BCUT2D eigenvalue weighted by molar-refractivity contribution is 7.55. The Kier molecular flexibility index (Phi) is 2.82. The monoisotopic (exact) mass is 221 g/mol. The van der Waals surface area contributed by atoms with E-state index in [1.165, 1.54) is 14.1 Å². The molecule has 0 aliphatic carbocycles. The van der Waals surface area contributed by atoms with Crippen molar-refractivity contribution in [2.75, 3.05) is 20.7 Å². The van der Waals surface area contributed by atoms with Gasteiger partial charge in [-0.3, -0.25) is 9.84 Å². The van der Waals surface area contributed by atoms with Crippen LogP contribution in [0, 0.1) is 0 Å². The Labute approximate surface area is 81.6 Å². The number of imide groups is 1. The van der Waals surface area contributed by atoms with Gasteiger partial charge in [0.25, 0.3) is 0 Å². The van der Waals surface area contributed by atoms with E-state index in [2.05, 4.69) is 0 Å². The molecule has 1 saturated heterocycles. The molecule has 1 heterocycles. The van der Waals surface area contributed by atoms with Gasteiger partial charge in [-0.05, 0) is 6.92 Å². The van der Waals surface area contributed by atoms with Crippen molar-refractivity contribution in [1.29, 1.82) is 0 Å². The van der Waals surface area contributed by atoms with Crippen molar-refractivity contribution in [2.24, 2.45) is 0 Å². The van der Waals surface area contributed by atoms with Gasteiger partial charge >= 0.3 is 19.7 Å². The zero-order valence-electron chi connectivity index (χ0n) is 8.18. The number of hydrogen-bond donors (Lipinski definition) is 1. The van der Waals surface area contributed by atoms with Crippen LogP contribution in [-0.2, 0) is 9.09 Å². The van der Waals surface area contributed by atoms with Gasteiger partial charge < -0.3 is 0 Å². The molecule has 0 aromatic rings. The van der Waals surface area contributed by atoms with Crippen molar-refractivity contribution in [1.82, 2.24) is 14.7 Å². The van der Waals surface area contributed by atoms with Crippen LogP contribution in [0.3, 0.4) is 0 Å². The fourth-order valence-corrected chi connectivity index (χ4v) is 2.67. The Morgan fingerprint density at radius 2 is 1.71 bits per heavy atom. The molecule has 0 atom stereocenters. The van der Waals surface area contributed by atoms with Crippen molar-refractivity contribution >= 4 is 19.7 Å². The second-order valence-corrected chi connectivity index (χ2v) is 5.13. The third-order valence-corrected chi connectivity index (χ3v) is 4.33. The van der Waals surface area contributed by atoms with Crippen molar-refractivity contribution in [3.8, 4) is 0 Å². The first-order valence-electron chi connectivity index (χ1n) is 4.01. The van der Waals surface area contributed by atoms with Gasteiger partial charge in [0.15, 0.2) is 0 Å². The molecule has 80 valence electrons. The molecule has 7 nitrogen and oxygen atoms in total. The highest BCUT2D eigenvalue weighted by Gasteiger charge is 2.45. The Bertz CT molecular complexity index is 294. The quantitative estimate of drug-likeness (QED) is 0.700. The molecule has 1 aliphatic heterocycles. The number of hydrogen-bond acceptors (Lipinski definition) is 4. The number of rotatable bonds is 2. The highest BCUT2D eigenvalue weighted by Crippen LogP contribution is 2.53. The number of amides is 4. The molecule has 8 heteroatoms. The van der Waals surface area contributed by atoms with Crippen molar-refractivity contribution in [3.63, 3.8) is 0 Å². The van der Waals surface area contributed by atoms with E-state index in [0.717, 1.165) is 9.34 Å². The Balaban J connectivity index is 3.04. The molecule has 0 saturated carbocycles. The number of nitrogens with zero attached hydrogens (tertiary/aromatic N) is 2. The summed E-state index contributed by atoms with van der Waals surface area (Å²) < 4.78 is 18.8. The van der Waals surface area contributed by atoms with Gasteiger partial charge in [-0.25, -0.2) is 23.5 Å². The van der Waals surface area contributed by atoms with E-state index in [0.29, 0.717) is 0 Å². The number of carbonyl (C=O) groups excluding carboxylic acids is 2. The smallest absolute Gasteiger partial charge is 0.297 e. The molecule has 0 aromatic carbocycles. The lowest BCUT2D eigenvalue weighted by Gasteiger charge is -2.37. The van der Waals surface area contributed by atoms with Crippen LogP contribution in [0.2, 0.25) is 0 Å². The fourth-order valence-electron chi connectivity index (χ4n) is 1.03. The summed E-state index contributed by atoms with van der Waals surface area (Å²) in [6.45, 7) is 1.80. The van der Waals surface area contributed by atoms with Crippen LogP contribution in [-0.4, -0.2) is 42.1 Å². The van der Waals surface area contributed by atoms with E-state index in [1.54, 1.807) is 6.92 Å². The molecule has 0 radical (unpaired) electrons. The molecular weight excluding hydrogens is 209 g/mol.